The summed E-state index contributed by atoms with van der Waals surface area (Å²) in [6.45, 7) is 3.83. The van der Waals surface area contributed by atoms with Gasteiger partial charge in [0.1, 0.15) is 0 Å². The highest BCUT2D eigenvalue weighted by atomic mass is 16.5. The summed E-state index contributed by atoms with van der Waals surface area (Å²) in [5, 5.41) is 2.46. The molecule has 0 unspecified atom stereocenters. The van der Waals surface area contributed by atoms with Crippen molar-refractivity contribution in [3.05, 3.63) is 29.3 Å². The lowest BCUT2D eigenvalue weighted by Crippen LogP contribution is -2.23. The number of rotatable bonds is 1. The predicted octanol–water partition coefficient (Wildman–Crippen LogP) is 1.41. The summed E-state index contributed by atoms with van der Waals surface area (Å²) in [5.74, 6) is -1.66. The number of hydrogen-bond donors (Lipinski definition) is 1. The lowest BCUT2D eigenvalue weighted by atomic mass is 10.1. The first-order valence-corrected chi connectivity index (χ1v) is 4.50. The van der Waals surface area contributed by atoms with E-state index in [9.17, 15) is 9.59 Å². The monoisotopic (exact) mass is 207 g/mol. The quantitative estimate of drug-likeness (QED) is 0.559. The predicted molar refractivity (Wildman–Crippen MR) is 56.6 cm³/mol. The van der Waals surface area contributed by atoms with Gasteiger partial charge < -0.3 is 10.1 Å². The number of amides is 1. The number of carbonyl (C=O) groups is 2. The largest absolute Gasteiger partial charge is 0.462 e. The molecule has 1 aromatic rings. The van der Waals surface area contributed by atoms with E-state index in [1.807, 2.05) is 19.9 Å². The van der Waals surface area contributed by atoms with Gasteiger partial charge in [-0.2, -0.15) is 0 Å². The summed E-state index contributed by atoms with van der Waals surface area (Å²) in [7, 11) is 1.17. The van der Waals surface area contributed by atoms with Crippen LogP contribution < -0.4 is 5.32 Å². The normalized spacial score (nSPS) is 9.53. The van der Waals surface area contributed by atoms with Gasteiger partial charge in [0.25, 0.3) is 0 Å². The minimum Gasteiger partial charge on any atom is -0.462 e. The maximum atomic E-state index is 11.2. The zero-order valence-corrected chi connectivity index (χ0v) is 8.96. The Hall–Kier alpha value is -1.84. The fourth-order valence-corrected chi connectivity index (χ4v) is 1.32. The molecule has 4 heteroatoms. The van der Waals surface area contributed by atoms with E-state index >= 15 is 0 Å². The summed E-state index contributed by atoms with van der Waals surface area (Å²) in [6.07, 6.45) is 0. The Kier molecular flexibility index (Phi) is 3.44. The minimum absolute atomic E-state index is 0.600. The van der Waals surface area contributed by atoms with Gasteiger partial charge in [0.2, 0.25) is 0 Å². The van der Waals surface area contributed by atoms with Gasteiger partial charge in [0.05, 0.1) is 7.11 Å². The molecule has 15 heavy (non-hydrogen) atoms. The first kappa shape index (κ1) is 11.2. The number of esters is 1. The Labute approximate surface area is 88.2 Å². The van der Waals surface area contributed by atoms with Crippen LogP contribution in [0.2, 0.25) is 0 Å². The molecule has 80 valence electrons. The molecule has 4 nitrogen and oxygen atoms in total. The third kappa shape index (κ3) is 3.09. The first-order chi connectivity index (χ1) is 7.02. The molecule has 0 heterocycles. The molecule has 0 bridgehead atoms. The number of methoxy groups -OCH3 is 1. The lowest BCUT2D eigenvalue weighted by Gasteiger charge is -2.05. The zero-order chi connectivity index (χ0) is 11.4. The summed E-state index contributed by atoms with van der Waals surface area (Å²) in [4.78, 5) is 22.0. The van der Waals surface area contributed by atoms with Gasteiger partial charge in [0.15, 0.2) is 0 Å². The molecule has 0 aliphatic rings. The van der Waals surface area contributed by atoms with Crippen molar-refractivity contribution in [1.82, 2.24) is 0 Å². The molecule has 0 radical (unpaired) electrons. The fourth-order valence-electron chi connectivity index (χ4n) is 1.32. The van der Waals surface area contributed by atoms with Gasteiger partial charge in [-0.05, 0) is 37.1 Å². The Morgan fingerprint density at radius 2 is 1.67 bits per heavy atom. The van der Waals surface area contributed by atoms with E-state index in [4.69, 9.17) is 0 Å². The average molecular weight is 207 g/mol. The van der Waals surface area contributed by atoms with Crippen molar-refractivity contribution in [3.8, 4) is 0 Å². The van der Waals surface area contributed by atoms with Crippen LogP contribution in [-0.2, 0) is 14.3 Å². The Morgan fingerprint density at radius 3 is 2.13 bits per heavy atom. The Bertz CT molecular complexity index is 379. The second-order valence-electron chi connectivity index (χ2n) is 3.32. The summed E-state index contributed by atoms with van der Waals surface area (Å²) in [5.41, 5.74) is 2.65. The van der Waals surface area contributed by atoms with Gasteiger partial charge in [-0.25, -0.2) is 4.79 Å². The van der Waals surface area contributed by atoms with Crippen LogP contribution in [0.15, 0.2) is 18.2 Å². The van der Waals surface area contributed by atoms with E-state index in [0.29, 0.717) is 5.69 Å². The van der Waals surface area contributed by atoms with Crippen molar-refractivity contribution in [1.29, 1.82) is 0 Å². The number of carbonyl (C=O) groups excluding carboxylic acids is 2. The van der Waals surface area contributed by atoms with Crippen LogP contribution in [0, 0.1) is 13.8 Å². The third-order valence-corrected chi connectivity index (χ3v) is 1.85. The molecule has 1 aromatic carbocycles. The highest BCUT2D eigenvalue weighted by molar-refractivity contribution is 6.37. The topological polar surface area (TPSA) is 55.4 Å². The van der Waals surface area contributed by atoms with Crippen LogP contribution in [0.5, 0.6) is 0 Å². The molecule has 0 saturated carbocycles. The van der Waals surface area contributed by atoms with Gasteiger partial charge >= 0.3 is 11.9 Å². The highest BCUT2D eigenvalue weighted by Crippen LogP contribution is 2.13. The summed E-state index contributed by atoms with van der Waals surface area (Å²) < 4.78 is 4.29. The molecular formula is C11H13NO3. The highest BCUT2D eigenvalue weighted by Gasteiger charge is 2.13. The molecule has 1 rings (SSSR count). The van der Waals surface area contributed by atoms with Gasteiger partial charge in [-0.15, -0.1) is 0 Å². The average Bonchev–Trinajstić information content (AvgIpc) is 2.14. The number of aryl methyl sites for hydroxylation is 2. The minimum atomic E-state index is -0.894. The van der Waals surface area contributed by atoms with Gasteiger partial charge in [-0.3, -0.25) is 4.79 Å². The van der Waals surface area contributed by atoms with E-state index in [1.54, 1.807) is 12.1 Å². The second-order valence-corrected chi connectivity index (χ2v) is 3.32. The van der Waals surface area contributed by atoms with Gasteiger partial charge in [-0.1, -0.05) is 6.07 Å². The molecule has 1 N–H and O–H groups in total. The van der Waals surface area contributed by atoms with Crippen LogP contribution in [0.4, 0.5) is 5.69 Å². The molecule has 1 amide bonds. The molecule has 0 spiro atoms. The Morgan fingerprint density at radius 1 is 1.13 bits per heavy atom. The van der Waals surface area contributed by atoms with Crippen molar-refractivity contribution >= 4 is 17.6 Å². The van der Waals surface area contributed by atoms with Crippen molar-refractivity contribution in [2.24, 2.45) is 0 Å². The van der Waals surface area contributed by atoms with Crippen molar-refractivity contribution < 1.29 is 14.3 Å². The molecular weight excluding hydrogens is 194 g/mol. The van der Waals surface area contributed by atoms with Crippen LogP contribution in [0.1, 0.15) is 11.1 Å². The number of nitrogens with one attached hydrogen (secondary N) is 1. The number of benzene rings is 1. The van der Waals surface area contributed by atoms with Crippen LogP contribution in [-0.4, -0.2) is 19.0 Å². The lowest BCUT2D eigenvalue weighted by molar-refractivity contribution is -0.150. The van der Waals surface area contributed by atoms with E-state index < -0.39 is 11.9 Å². The molecule has 0 atom stereocenters. The number of hydrogen-bond acceptors (Lipinski definition) is 3. The third-order valence-electron chi connectivity index (χ3n) is 1.85. The van der Waals surface area contributed by atoms with E-state index in [2.05, 4.69) is 10.1 Å². The van der Waals surface area contributed by atoms with Crippen molar-refractivity contribution in [3.63, 3.8) is 0 Å². The zero-order valence-electron chi connectivity index (χ0n) is 8.96. The first-order valence-electron chi connectivity index (χ1n) is 4.50. The van der Waals surface area contributed by atoms with E-state index in [-0.39, 0.29) is 0 Å². The fraction of sp³-hybridized carbons (Fsp3) is 0.273. The Balaban J connectivity index is 2.81. The van der Waals surface area contributed by atoms with E-state index in [0.717, 1.165) is 11.1 Å². The number of anilines is 1. The van der Waals surface area contributed by atoms with E-state index in [1.165, 1.54) is 7.11 Å². The van der Waals surface area contributed by atoms with Crippen LogP contribution >= 0.6 is 0 Å². The van der Waals surface area contributed by atoms with Crippen LogP contribution in [0.3, 0.4) is 0 Å². The molecule has 0 aliphatic carbocycles. The summed E-state index contributed by atoms with van der Waals surface area (Å²) >= 11 is 0. The molecule has 0 fully saturated rings. The smallest absolute Gasteiger partial charge is 0.396 e. The maximum Gasteiger partial charge on any atom is 0.396 e. The molecule has 0 saturated heterocycles. The van der Waals surface area contributed by atoms with Crippen molar-refractivity contribution in [2.45, 2.75) is 13.8 Å². The summed E-state index contributed by atoms with van der Waals surface area (Å²) in [6, 6.07) is 5.55. The molecule has 0 aliphatic heterocycles. The molecule has 0 aromatic heterocycles. The standard InChI is InChI=1S/C11H13NO3/c1-7-4-8(2)6-9(5-7)12-10(13)11(14)15-3/h4-6H,1-3H3,(H,12,13). The SMILES string of the molecule is COC(=O)C(=O)Nc1cc(C)cc(C)c1. The maximum absolute atomic E-state index is 11.2. The van der Waals surface area contributed by atoms with Crippen molar-refractivity contribution in [2.75, 3.05) is 12.4 Å². The van der Waals surface area contributed by atoms with Crippen LogP contribution in [0.25, 0.3) is 0 Å². The number of ether oxygens (including phenoxy) is 1. The van der Waals surface area contributed by atoms with Gasteiger partial charge in [0, 0.05) is 5.69 Å². The second kappa shape index (κ2) is 4.59.